The van der Waals surface area contributed by atoms with Crippen molar-refractivity contribution in [1.29, 1.82) is 0 Å². The van der Waals surface area contributed by atoms with E-state index < -0.39 is 0 Å². The third kappa shape index (κ3) is 5.46. The minimum absolute atomic E-state index is 0.0126. The molecule has 0 aliphatic carbocycles. The number of aromatic nitrogens is 5. The van der Waals surface area contributed by atoms with Crippen LogP contribution in [0, 0.1) is 0 Å². The van der Waals surface area contributed by atoms with Gasteiger partial charge in [0.1, 0.15) is 5.82 Å². The summed E-state index contributed by atoms with van der Waals surface area (Å²) in [6.07, 6.45) is 9.08. The molecule has 8 nitrogen and oxygen atoms in total. The molecule has 1 fully saturated rings. The van der Waals surface area contributed by atoms with Gasteiger partial charge < -0.3 is 20.6 Å². The summed E-state index contributed by atoms with van der Waals surface area (Å²) in [4.78, 5) is 20.3. The molecule has 1 unspecified atom stereocenters. The topological polar surface area (TPSA) is 103 Å². The first-order valence-electron chi connectivity index (χ1n) is 15.3. The van der Waals surface area contributed by atoms with E-state index in [1.807, 2.05) is 12.3 Å². The molecule has 7 rings (SSSR count). The van der Waals surface area contributed by atoms with Gasteiger partial charge in [-0.2, -0.15) is 0 Å². The molecule has 3 aromatic heterocycles. The number of hydrogen-bond donors (Lipinski definition) is 4. The summed E-state index contributed by atoms with van der Waals surface area (Å²) in [6, 6.07) is 24.7. The van der Waals surface area contributed by atoms with Gasteiger partial charge in [-0.05, 0) is 73.2 Å². The Bertz CT molecular complexity index is 1860. The summed E-state index contributed by atoms with van der Waals surface area (Å²) in [6.45, 7) is 3.03. The fourth-order valence-electron chi connectivity index (χ4n) is 6.37. The summed E-state index contributed by atoms with van der Waals surface area (Å²) in [7, 11) is 0. The van der Waals surface area contributed by atoms with Crippen molar-refractivity contribution in [3.63, 3.8) is 0 Å². The molecule has 0 radical (unpaired) electrons. The number of carbonyl (C=O) groups excluding carboxylic acids is 1. The van der Waals surface area contributed by atoms with E-state index >= 15 is 0 Å². The molecular weight excluding hydrogens is 534 g/mol. The van der Waals surface area contributed by atoms with Crippen molar-refractivity contribution in [2.45, 2.75) is 57.5 Å². The Morgan fingerprint density at radius 1 is 0.907 bits per heavy atom. The highest BCUT2D eigenvalue weighted by atomic mass is 16.2. The van der Waals surface area contributed by atoms with Crippen molar-refractivity contribution in [2.24, 2.45) is 0 Å². The SMILES string of the molecule is CCc1ccc(-n2c(CCc3c[nH]c4ccccc34)nnc2[C@@H](Cc2c[nH]c3ccccc23)NC(=O)C2CCCN2)cc1. The van der Waals surface area contributed by atoms with E-state index in [1.54, 1.807) is 0 Å². The highest BCUT2D eigenvalue weighted by Gasteiger charge is 2.29. The molecule has 8 heteroatoms. The number of nitrogens with zero attached hydrogens (tertiary/aromatic N) is 3. The van der Waals surface area contributed by atoms with Gasteiger partial charge in [0.15, 0.2) is 5.82 Å². The summed E-state index contributed by atoms with van der Waals surface area (Å²) in [5, 5.41) is 18.7. The zero-order valence-corrected chi connectivity index (χ0v) is 24.4. The Morgan fingerprint density at radius 3 is 2.30 bits per heavy atom. The molecule has 43 heavy (non-hydrogen) atoms. The fourth-order valence-corrected chi connectivity index (χ4v) is 6.37. The van der Waals surface area contributed by atoms with Crippen LogP contribution in [0.2, 0.25) is 0 Å². The fraction of sp³-hybridized carbons (Fsp3) is 0.286. The van der Waals surface area contributed by atoms with Gasteiger partial charge in [-0.1, -0.05) is 55.5 Å². The quantitative estimate of drug-likeness (QED) is 0.169. The molecule has 1 amide bonds. The predicted octanol–water partition coefficient (Wildman–Crippen LogP) is 5.73. The van der Waals surface area contributed by atoms with Gasteiger partial charge in [-0.25, -0.2) is 0 Å². The highest BCUT2D eigenvalue weighted by Crippen LogP contribution is 2.28. The molecular formula is C35H37N7O. The van der Waals surface area contributed by atoms with Crippen LogP contribution in [0.15, 0.2) is 85.2 Å². The highest BCUT2D eigenvalue weighted by molar-refractivity contribution is 5.85. The van der Waals surface area contributed by atoms with Crippen LogP contribution in [0.1, 0.15) is 54.1 Å². The molecule has 0 saturated carbocycles. The van der Waals surface area contributed by atoms with Gasteiger partial charge in [0, 0.05) is 52.7 Å². The maximum absolute atomic E-state index is 13.5. The first-order chi connectivity index (χ1) is 21.2. The Kier molecular flexibility index (Phi) is 7.51. The summed E-state index contributed by atoms with van der Waals surface area (Å²) in [5.74, 6) is 1.63. The Morgan fingerprint density at radius 2 is 1.60 bits per heavy atom. The number of amides is 1. The van der Waals surface area contributed by atoms with Crippen LogP contribution in [0.25, 0.3) is 27.5 Å². The van der Waals surface area contributed by atoms with Gasteiger partial charge in [-0.3, -0.25) is 9.36 Å². The van der Waals surface area contributed by atoms with E-state index in [0.717, 1.165) is 71.5 Å². The lowest BCUT2D eigenvalue weighted by Crippen LogP contribution is -2.43. The second-order valence-electron chi connectivity index (χ2n) is 11.5. The zero-order valence-electron chi connectivity index (χ0n) is 24.4. The van der Waals surface area contributed by atoms with Gasteiger partial charge in [-0.15, -0.1) is 10.2 Å². The Hall–Kier alpha value is -4.69. The third-order valence-electron chi connectivity index (χ3n) is 8.75. The molecule has 1 aliphatic heterocycles. The zero-order chi connectivity index (χ0) is 29.2. The van der Waals surface area contributed by atoms with E-state index in [1.165, 1.54) is 16.5 Å². The second-order valence-corrected chi connectivity index (χ2v) is 11.5. The molecule has 4 heterocycles. The molecule has 4 N–H and O–H groups in total. The summed E-state index contributed by atoms with van der Waals surface area (Å²) in [5.41, 5.74) is 6.88. The molecule has 0 bridgehead atoms. The maximum Gasteiger partial charge on any atom is 0.237 e. The molecule has 2 atom stereocenters. The average molecular weight is 572 g/mol. The number of aryl methyl sites for hydroxylation is 3. The lowest BCUT2D eigenvalue weighted by molar-refractivity contribution is -0.123. The first-order valence-corrected chi connectivity index (χ1v) is 15.3. The van der Waals surface area contributed by atoms with Crippen molar-refractivity contribution in [3.05, 3.63) is 114 Å². The molecule has 3 aromatic carbocycles. The van der Waals surface area contributed by atoms with Crippen molar-refractivity contribution >= 4 is 27.7 Å². The van der Waals surface area contributed by atoms with Crippen molar-refractivity contribution in [2.75, 3.05) is 6.54 Å². The number of rotatable bonds is 10. The minimum atomic E-state index is -0.366. The van der Waals surface area contributed by atoms with Crippen molar-refractivity contribution in [3.8, 4) is 5.69 Å². The van der Waals surface area contributed by atoms with Gasteiger partial charge in [0.2, 0.25) is 5.91 Å². The van der Waals surface area contributed by atoms with Crippen LogP contribution in [0.4, 0.5) is 0 Å². The van der Waals surface area contributed by atoms with Crippen molar-refractivity contribution in [1.82, 2.24) is 35.4 Å². The minimum Gasteiger partial charge on any atom is -0.361 e. The molecule has 1 aliphatic rings. The number of benzene rings is 3. The number of carbonyl (C=O) groups is 1. The Labute approximate surface area is 250 Å². The van der Waals surface area contributed by atoms with Crippen LogP contribution in [0.5, 0.6) is 0 Å². The van der Waals surface area contributed by atoms with E-state index in [4.69, 9.17) is 10.2 Å². The van der Waals surface area contributed by atoms with E-state index in [2.05, 4.69) is 105 Å². The standard InChI is InChI=1S/C35H37N7O/c1-2-23-13-16-26(17-14-23)42-33(18-15-24-21-37-29-10-5-3-8-27(24)29)40-41-34(42)32(39-35(43)31-12-7-19-36-31)20-25-22-38-30-11-6-4-9-28(25)30/h3-6,8-11,13-14,16-17,21-22,31-32,36-38H,2,7,12,15,18-20H2,1H3,(H,39,43)/t31?,32-/m1/s1. The molecule has 218 valence electrons. The smallest absolute Gasteiger partial charge is 0.237 e. The van der Waals surface area contributed by atoms with E-state index in [0.29, 0.717) is 12.8 Å². The number of fused-ring (bicyclic) bond motifs is 2. The molecule has 6 aromatic rings. The number of hydrogen-bond acceptors (Lipinski definition) is 4. The first kappa shape index (κ1) is 27.2. The normalized spacial score (nSPS) is 15.8. The van der Waals surface area contributed by atoms with Crippen LogP contribution < -0.4 is 10.6 Å². The van der Waals surface area contributed by atoms with Gasteiger partial charge >= 0.3 is 0 Å². The third-order valence-corrected chi connectivity index (χ3v) is 8.75. The molecule has 0 spiro atoms. The second kappa shape index (κ2) is 11.9. The van der Waals surface area contributed by atoms with E-state index in [-0.39, 0.29) is 18.0 Å². The van der Waals surface area contributed by atoms with Crippen LogP contribution >= 0.6 is 0 Å². The van der Waals surface area contributed by atoms with Crippen LogP contribution in [-0.4, -0.2) is 43.2 Å². The largest absolute Gasteiger partial charge is 0.361 e. The average Bonchev–Trinajstić information content (AvgIpc) is 3.86. The van der Waals surface area contributed by atoms with Crippen LogP contribution in [0.3, 0.4) is 0 Å². The van der Waals surface area contributed by atoms with Crippen LogP contribution in [-0.2, 0) is 30.5 Å². The van der Waals surface area contributed by atoms with Gasteiger partial charge in [0.25, 0.3) is 0 Å². The van der Waals surface area contributed by atoms with E-state index in [9.17, 15) is 4.79 Å². The number of H-pyrrole nitrogens is 2. The summed E-state index contributed by atoms with van der Waals surface area (Å²) < 4.78 is 2.16. The van der Waals surface area contributed by atoms with Gasteiger partial charge in [0.05, 0.1) is 12.1 Å². The lowest BCUT2D eigenvalue weighted by Gasteiger charge is -2.22. The Balaban J connectivity index is 1.28. The summed E-state index contributed by atoms with van der Waals surface area (Å²) >= 11 is 0. The monoisotopic (exact) mass is 571 g/mol. The molecule has 1 saturated heterocycles. The number of para-hydroxylation sites is 2. The maximum atomic E-state index is 13.5. The van der Waals surface area contributed by atoms with Crippen molar-refractivity contribution < 1.29 is 4.79 Å². The number of nitrogens with one attached hydrogen (secondary N) is 4. The predicted molar refractivity (Wildman–Crippen MR) is 170 cm³/mol. The number of aromatic amines is 2. The lowest BCUT2D eigenvalue weighted by atomic mass is 10.0.